The number of methoxy groups -OCH3 is 1. The Kier molecular flexibility index (Phi) is 7.88. The van der Waals surface area contributed by atoms with E-state index >= 15 is 0 Å². The second-order valence-electron chi connectivity index (χ2n) is 8.68. The largest absolute Gasteiger partial charge is 0.480 e. The Morgan fingerprint density at radius 1 is 1.05 bits per heavy atom. The molecule has 1 heterocycles. The van der Waals surface area contributed by atoms with Crippen molar-refractivity contribution < 1.29 is 36.7 Å². The molecule has 0 atom stereocenters. The van der Waals surface area contributed by atoms with Crippen LogP contribution in [0.1, 0.15) is 16.7 Å². The zero-order valence-electron chi connectivity index (χ0n) is 20.4. The van der Waals surface area contributed by atoms with Gasteiger partial charge in [0.1, 0.15) is 5.82 Å². The highest BCUT2D eigenvalue weighted by Gasteiger charge is 2.34. The lowest BCUT2D eigenvalue weighted by molar-refractivity contribution is -0.138. The number of likely N-dealkylation sites (N-methyl/N-ethyl adjacent to an activating group) is 1. The van der Waals surface area contributed by atoms with E-state index in [4.69, 9.17) is 14.4 Å². The number of aliphatic carboxylic acids is 1. The van der Waals surface area contributed by atoms with Gasteiger partial charge in [-0.25, -0.2) is 4.39 Å². The molecule has 0 aliphatic carbocycles. The van der Waals surface area contributed by atoms with Crippen molar-refractivity contribution in [1.82, 2.24) is 15.0 Å². The third-order valence-electron chi connectivity index (χ3n) is 5.70. The van der Waals surface area contributed by atoms with Crippen molar-refractivity contribution in [2.45, 2.75) is 19.3 Å². The molecule has 4 rings (SSSR count). The molecular formula is C27H23F4N3O4. The number of aromatic nitrogens is 2. The summed E-state index contributed by atoms with van der Waals surface area (Å²) in [7, 11) is 3.11. The third-order valence-corrected chi connectivity index (χ3v) is 5.70. The molecule has 0 saturated heterocycles. The summed E-state index contributed by atoms with van der Waals surface area (Å²) in [4.78, 5) is 17.0. The van der Waals surface area contributed by atoms with Crippen LogP contribution in [-0.2, 0) is 28.9 Å². The fourth-order valence-electron chi connectivity index (χ4n) is 4.12. The summed E-state index contributed by atoms with van der Waals surface area (Å²) in [5, 5.41) is 13.0. The van der Waals surface area contributed by atoms with E-state index in [1.165, 1.54) is 13.2 Å². The third kappa shape index (κ3) is 6.24. The molecule has 198 valence electrons. The van der Waals surface area contributed by atoms with Crippen molar-refractivity contribution in [3.05, 3.63) is 83.2 Å². The Morgan fingerprint density at radius 3 is 2.53 bits per heavy atom. The molecule has 0 aliphatic rings. The molecule has 0 amide bonds. The van der Waals surface area contributed by atoms with Crippen molar-refractivity contribution in [2.75, 3.05) is 20.7 Å². The first-order valence-corrected chi connectivity index (χ1v) is 11.4. The molecule has 1 N–H and O–H groups in total. The van der Waals surface area contributed by atoms with E-state index in [9.17, 15) is 22.4 Å². The highest BCUT2D eigenvalue weighted by Crippen LogP contribution is 2.39. The van der Waals surface area contributed by atoms with Crippen molar-refractivity contribution in [3.8, 4) is 34.0 Å². The number of rotatable bonds is 9. The van der Waals surface area contributed by atoms with E-state index < -0.39 is 23.5 Å². The summed E-state index contributed by atoms with van der Waals surface area (Å²) in [6.45, 7) is 0.277. The van der Waals surface area contributed by atoms with Gasteiger partial charge in [-0.3, -0.25) is 9.69 Å². The van der Waals surface area contributed by atoms with Crippen LogP contribution in [0.4, 0.5) is 17.6 Å². The fourth-order valence-corrected chi connectivity index (χ4v) is 4.12. The maximum Gasteiger partial charge on any atom is 0.417 e. The molecule has 0 aliphatic heterocycles. The van der Waals surface area contributed by atoms with E-state index in [0.717, 1.165) is 17.7 Å². The summed E-state index contributed by atoms with van der Waals surface area (Å²) in [5.41, 5.74) is 1.36. The summed E-state index contributed by atoms with van der Waals surface area (Å²) < 4.78 is 65.2. The van der Waals surface area contributed by atoms with Crippen LogP contribution in [0.5, 0.6) is 0 Å². The lowest BCUT2D eigenvalue weighted by Crippen LogP contribution is -2.25. The first-order chi connectivity index (χ1) is 18.0. The lowest BCUT2D eigenvalue weighted by atomic mass is 9.93. The van der Waals surface area contributed by atoms with E-state index in [1.807, 2.05) is 12.1 Å². The monoisotopic (exact) mass is 529 g/mol. The Balaban J connectivity index is 1.66. The predicted octanol–water partition coefficient (Wildman–Crippen LogP) is 5.89. The minimum absolute atomic E-state index is 0.00918. The normalized spacial score (nSPS) is 11.8. The molecule has 4 aromatic rings. The highest BCUT2D eigenvalue weighted by atomic mass is 19.4. The maximum absolute atomic E-state index is 13.6. The van der Waals surface area contributed by atoms with Gasteiger partial charge in [-0.15, -0.1) is 0 Å². The van der Waals surface area contributed by atoms with Crippen LogP contribution in [-0.4, -0.2) is 46.8 Å². The molecule has 0 bridgehead atoms. The first kappa shape index (κ1) is 27.0. The SMILES string of the molecule is COCc1cc(-c2nc(-c3cccc(CN(C)CC(=O)O)c3)no2)ccc1-c1ccc(F)cc1C(F)(F)F. The van der Waals surface area contributed by atoms with Gasteiger partial charge in [0.05, 0.1) is 18.7 Å². The van der Waals surface area contributed by atoms with Crippen LogP contribution in [0.15, 0.2) is 65.2 Å². The van der Waals surface area contributed by atoms with Crippen LogP contribution >= 0.6 is 0 Å². The molecule has 0 fully saturated rings. The number of carboxylic acid groups (broad SMARTS) is 1. The number of benzene rings is 3. The molecule has 0 saturated carbocycles. The Labute approximate surface area is 215 Å². The van der Waals surface area contributed by atoms with E-state index in [0.29, 0.717) is 29.3 Å². The maximum atomic E-state index is 13.6. The first-order valence-electron chi connectivity index (χ1n) is 11.4. The summed E-state index contributed by atoms with van der Waals surface area (Å²) in [5.74, 6) is -1.48. The summed E-state index contributed by atoms with van der Waals surface area (Å²) in [6.07, 6.45) is -4.75. The molecule has 11 heteroatoms. The minimum atomic E-state index is -4.75. The van der Waals surface area contributed by atoms with Crippen molar-refractivity contribution >= 4 is 5.97 Å². The lowest BCUT2D eigenvalue weighted by Gasteiger charge is -2.16. The predicted molar refractivity (Wildman–Crippen MR) is 130 cm³/mol. The van der Waals surface area contributed by atoms with Crippen LogP contribution in [0.2, 0.25) is 0 Å². The summed E-state index contributed by atoms with van der Waals surface area (Å²) >= 11 is 0. The fraction of sp³-hybridized carbons (Fsp3) is 0.222. The van der Waals surface area contributed by atoms with Gasteiger partial charge in [0.15, 0.2) is 0 Å². The molecule has 3 aromatic carbocycles. The van der Waals surface area contributed by atoms with Crippen molar-refractivity contribution in [2.24, 2.45) is 0 Å². The van der Waals surface area contributed by atoms with Gasteiger partial charge in [0.25, 0.3) is 5.89 Å². The highest BCUT2D eigenvalue weighted by molar-refractivity contribution is 5.74. The van der Waals surface area contributed by atoms with Crippen LogP contribution in [0.25, 0.3) is 34.0 Å². The zero-order valence-corrected chi connectivity index (χ0v) is 20.4. The van der Waals surface area contributed by atoms with Gasteiger partial charge in [-0.05, 0) is 59.6 Å². The van der Waals surface area contributed by atoms with Gasteiger partial charge in [-0.2, -0.15) is 18.2 Å². The van der Waals surface area contributed by atoms with Gasteiger partial charge < -0.3 is 14.4 Å². The van der Waals surface area contributed by atoms with E-state index in [2.05, 4.69) is 10.1 Å². The Morgan fingerprint density at radius 2 is 1.82 bits per heavy atom. The smallest absolute Gasteiger partial charge is 0.417 e. The van der Waals surface area contributed by atoms with Crippen LogP contribution in [0, 0.1) is 5.82 Å². The number of carboxylic acids is 1. The minimum Gasteiger partial charge on any atom is -0.480 e. The zero-order chi connectivity index (χ0) is 27.4. The number of carbonyl (C=O) groups is 1. The van der Waals surface area contributed by atoms with Gasteiger partial charge in [0, 0.05) is 24.8 Å². The molecule has 1 aromatic heterocycles. The molecule has 7 nitrogen and oxygen atoms in total. The van der Waals surface area contributed by atoms with Crippen LogP contribution in [0.3, 0.4) is 0 Å². The number of nitrogens with zero attached hydrogens (tertiary/aromatic N) is 3. The second kappa shape index (κ2) is 11.1. The molecule has 38 heavy (non-hydrogen) atoms. The number of halogens is 4. The number of hydrogen-bond donors (Lipinski definition) is 1. The quantitative estimate of drug-likeness (QED) is 0.271. The number of alkyl halides is 3. The number of hydrogen-bond acceptors (Lipinski definition) is 6. The topological polar surface area (TPSA) is 88.7 Å². The Bertz CT molecular complexity index is 1450. The molecule has 0 radical (unpaired) electrons. The van der Waals surface area contributed by atoms with E-state index in [1.54, 1.807) is 36.2 Å². The average molecular weight is 529 g/mol. The average Bonchev–Trinajstić information content (AvgIpc) is 3.34. The van der Waals surface area contributed by atoms with Gasteiger partial charge in [0.2, 0.25) is 5.82 Å². The second-order valence-corrected chi connectivity index (χ2v) is 8.68. The standard InChI is InChI=1S/C27H23F4N3O4/c1-34(14-24(35)36)13-16-4-3-5-17(10-16)25-32-26(38-33-25)18-6-8-21(19(11-18)15-37-2)22-9-7-20(28)12-23(22)27(29,30)31/h3-12H,13-15H2,1-2H3,(H,35,36). The van der Waals surface area contributed by atoms with Gasteiger partial charge >= 0.3 is 12.1 Å². The van der Waals surface area contributed by atoms with E-state index in [-0.39, 0.29) is 36.0 Å². The van der Waals surface area contributed by atoms with Gasteiger partial charge in [-0.1, -0.05) is 35.5 Å². The molecule has 0 unspecified atom stereocenters. The van der Waals surface area contributed by atoms with Crippen molar-refractivity contribution in [1.29, 1.82) is 0 Å². The number of ether oxygens (including phenoxy) is 1. The van der Waals surface area contributed by atoms with Crippen LogP contribution < -0.4 is 0 Å². The molecular weight excluding hydrogens is 506 g/mol. The Hall–Kier alpha value is -4.09. The summed E-state index contributed by atoms with van der Waals surface area (Å²) in [6, 6.07) is 14.4. The van der Waals surface area contributed by atoms with Crippen molar-refractivity contribution in [3.63, 3.8) is 0 Å². The molecule has 0 spiro atoms.